The average molecular weight is 503 g/mol. The maximum atomic E-state index is 13.5. The third-order valence-corrected chi connectivity index (χ3v) is 7.49. The van der Waals surface area contributed by atoms with Crippen molar-refractivity contribution in [2.24, 2.45) is 4.99 Å². The van der Waals surface area contributed by atoms with Gasteiger partial charge in [-0.3, -0.25) is 9.36 Å². The van der Waals surface area contributed by atoms with Crippen molar-refractivity contribution < 1.29 is 14.3 Å². The molecule has 2 aromatic heterocycles. The number of nitrogens with zero attached hydrogens (tertiary/aromatic N) is 2. The van der Waals surface area contributed by atoms with Gasteiger partial charge in [-0.1, -0.05) is 59.9 Å². The number of hydrogen-bond donors (Lipinski definition) is 0. The van der Waals surface area contributed by atoms with Gasteiger partial charge in [-0.05, 0) is 47.7 Å². The van der Waals surface area contributed by atoms with Gasteiger partial charge < -0.3 is 9.47 Å². The van der Waals surface area contributed by atoms with Crippen LogP contribution < -0.4 is 19.6 Å². The van der Waals surface area contributed by atoms with Gasteiger partial charge in [-0.25, -0.2) is 9.79 Å². The molecule has 1 aliphatic rings. The number of thiazole rings is 1. The molecule has 3 heterocycles. The number of allylic oxidation sites excluding steroid dienone is 1. The number of rotatable bonds is 6. The summed E-state index contributed by atoms with van der Waals surface area (Å²) in [4.78, 5) is 32.4. The second-order valence-corrected chi connectivity index (χ2v) is 9.92. The monoisotopic (exact) mass is 502 g/mol. The molecular weight excluding hydrogens is 480 g/mol. The standard InChI is InChI=1S/C27H22N2O4S2/c1-17-23(26(31)32-2)24(19-10-12-20(13-11-19)33-16-18-7-4-3-5-8-18)29-25(30)22(35-27(29)28-17)15-21-9-6-14-34-21/h3-15,24H,16H2,1-2H3. The molecule has 0 saturated carbocycles. The molecule has 4 aromatic rings. The van der Waals surface area contributed by atoms with Crippen LogP contribution in [-0.2, 0) is 16.1 Å². The van der Waals surface area contributed by atoms with Gasteiger partial charge in [0.25, 0.3) is 5.56 Å². The highest BCUT2D eigenvalue weighted by Gasteiger charge is 2.33. The van der Waals surface area contributed by atoms with E-state index in [0.717, 1.165) is 16.0 Å². The number of methoxy groups -OCH3 is 1. The van der Waals surface area contributed by atoms with Gasteiger partial charge >= 0.3 is 5.97 Å². The van der Waals surface area contributed by atoms with Gasteiger partial charge in [0.1, 0.15) is 12.4 Å². The van der Waals surface area contributed by atoms with Gasteiger partial charge in [-0.15, -0.1) is 11.3 Å². The Labute approximate surface area is 209 Å². The third kappa shape index (κ3) is 4.62. The molecule has 5 rings (SSSR count). The summed E-state index contributed by atoms with van der Waals surface area (Å²) in [5.74, 6) is 0.191. The first-order valence-electron chi connectivity index (χ1n) is 11.0. The minimum absolute atomic E-state index is 0.189. The van der Waals surface area contributed by atoms with E-state index in [2.05, 4.69) is 4.99 Å². The summed E-state index contributed by atoms with van der Waals surface area (Å²) < 4.78 is 13.1. The summed E-state index contributed by atoms with van der Waals surface area (Å²) in [6, 6.07) is 20.6. The fourth-order valence-corrected chi connectivity index (χ4v) is 5.77. The van der Waals surface area contributed by atoms with E-state index in [4.69, 9.17) is 9.47 Å². The Kier molecular flexibility index (Phi) is 6.48. The van der Waals surface area contributed by atoms with Crippen molar-refractivity contribution in [1.29, 1.82) is 0 Å². The van der Waals surface area contributed by atoms with Crippen LogP contribution in [0.25, 0.3) is 6.08 Å². The highest BCUT2D eigenvalue weighted by Crippen LogP contribution is 2.31. The second kappa shape index (κ2) is 9.85. The summed E-state index contributed by atoms with van der Waals surface area (Å²) in [7, 11) is 1.34. The van der Waals surface area contributed by atoms with E-state index in [9.17, 15) is 9.59 Å². The number of benzene rings is 2. The molecule has 0 bridgehead atoms. The van der Waals surface area contributed by atoms with Crippen LogP contribution in [0.4, 0.5) is 0 Å². The molecule has 8 heteroatoms. The number of esters is 1. The largest absolute Gasteiger partial charge is 0.489 e. The fraction of sp³-hybridized carbons (Fsp3) is 0.148. The molecule has 35 heavy (non-hydrogen) atoms. The van der Waals surface area contributed by atoms with Crippen LogP contribution in [0, 0.1) is 0 Å². The Hall–Kier alpha value is -3.75. The molecule has 176 valence electrons. The molecule has 0 N–H and O–H groups in total. The van der Waals surface area contributed by atoms with Crippen LogP contribution >= 0.6 is 22.7 Å². The molecule has 0 spiro atoms. The Morgan fingerprint density at radius 2 is 1.86 bits per heavy atom. The molecule has 0 amide bonds. The highest BCUT2D eigenvalue weighted by atomic mass is 32.1. The normalized spacial score (nSPS) is 15.5. The average Bonchev–Trinajstić information content (AvgIpc) is 3.50. The molecule has 1 atom stereocenters. The number of carbonyl (C=O) groups is 1. The van der Waals surface area contributed by atoms with Crippen molar-refractivity contribution in [3.63, 3.8) is 0 Å². The predicted octanol–water partition coefficient (Wildman–Crippen LogP) is 4.05. The Bertz CT molecular complexity index is 1560. The van der Waals surface area contributed by atoms with Crippen LogP contribution in [0.2, 0.25) is 0 Å². The topological polar surface area (TPSA) is 69.9 Å². The molecule has 2 aromatic carbocycles. The zero-order chi connectivity index (χ0) is 24.4. The zero-order valence-electron chi connectivity index (χ0n) is 19.1. The zero-order valence-corrected chi connectivity index (χ0v) is 20.8. The van der Waals surface area contributed by atoms with Crippen molar-refractivity contribution in [1.82, 2.24) is 4.57 Å². The highest BCUT2D eigenvalue weighted by molar-refractivity contribution is 7.11. The van der Waals surface area contributed by atoms with Crippen LogP contribution in [0.5, 0.6) is 5.75 Å². The van der Waals surface area contributed by atoms with Crippen molar-refractivity contribution >= 4 is 34.7 Å². The van der Waals surface area contributed by atoms with Crippen LogP contribution in [0.1, 0.15) is 29.0 Å². The molecule has 1 unspecified atom stereocenters. The van der Waals surface area contributed by atoms with E-state index in [-0.39, 0.29) is 5.56 Å². The van der Waals surface area contributed by atoms with E-state index in [1.807, 2.05) is 78.2 Å². The van der Waals surface area contributed by atoms with Crippen LogP contribution in [0.3, 0.4) is 0 Å². The minimum atomic E-state index is -0.646. The smallest absolute Gasteiger partial charge is 0.338 e. The van der Waals surface area contributed by atoms with E-state index < -0.39 is 12.0 Å². The number of fused-ring (bicyclic) bond motifs is 1. The van der Waals surface area contributed by atoms with Gasteiger partial charge in [0.05, 0.1) is 29.0 Å². The van der Waals surface area contributed by atoms with Gasteiger partial charge in [-0.2, -0.15) is 0 Å². The maximum Gasteiger partial charge on any atom is 0.338 e. The third-order valence-electron chi connectivity index (χ3n) is 5.69. The fourth-order valence-electron chi connectivity index (χ4n) is 4.00. The number of ether oxygens (including phenoxy) is 2. The first-order valence-corrected chi connectivity index (χ1v) is 12.7. The summed E-state index contributed by atoms with van der Waals surface area (Å²) in [6.45, 7) is 2.22. The number of carbonyl (C=O) groups excluding carboxylic acids is 1. The molecule has 0 radical (unpaired) electrons. The molecule has 6 nitrogen and oxygen atoms in total. The van der Waals surface area contributed by atoms with Gasteiger partial charge in [0, 0.05) is 4.88 Å². The van der Waals surface area contributed by atoms with Gasteiger partial charge in [0.2, 0.25) is 0 Å². The quantitative estimate of drug-likeness (QED) is 0.373. The van der Waals surface area contributed by atoms with E-state index >= 15 is 0 Å². The Morgan fingerprint density at radius 1 is 1.09 bits per heavy atom. The lowest BCUT2D eigenvalue weighted by molar-refractivity contribution is -0.136. The Balaban J connectivity index is 1.55. The summed E-state index contributed by atoms with van der Waals surface area (Å²) in [5.41, 5.74) is 2.54. The van der Waals surface area contributed by atoms with Crippen LogP contribution in [-0.4, -0.2) is 17.6 Å². The summed E-state index contributed by atoms with van der Waals surface area (Å²) in [5, 5.41) is 1.96. The van der Waals surface area contributed by atoms with Crippen molar-refractivity contribution in [3.05, 3.63) is 119 Å². The van der Waals surface area contributed by atoms with Crippen molar-refractivity contribution in [2.75, 3.05) is 7.11 Å². The van der Waals surface area contributed by atoms with Crippen molar-refractivity contribution in [3.8, 4) is 5.75 Å². The summed E-state index contributed by atoms with van der Waals surface area (Å²) in [6.07, 6.45) is 1.86. The van der Waals surface area contributed by atoms with Gasteiger partial charge in [0.15, 0.2) is 4.80 Å². The van der Waals surface area contributed by atoms with Crippen molar-refractivity contribution in [2.45, 2.75) is 19.6 Å². The van der Waals surface area contributed by atoms with E-state index in [0.29, 0.717) is 33.0 Å². The predicted molar refractivity (Wildman–Crippen MR) is 137 cm³/mol. The number of thiophene rings is 1. The molecule has 0 fully saturated rings. The van der Waals surface area contributed by atoms with E-state index in [1.54, 1.807) is 22.8 Å². The number of hydrogen-bond acceptors (Lipinski definition) is 7. The number of aromatic nitrogens is 1. The molecule has 1 aliphatic heterocycles. The Morgan fingerprint density at radius 3 is 2.54 bits per heavy atom. The van der Waals surface area contributed by atoms with Crippen LogP contribution in [0.15, 0.2) is 93.2 Å². The molecule has 0 aliphatic carbocycles. The lowest BCUT2D eigenvalue weighted by atomic mass is 9.96. The maximum absolute atomic E-state index is 13.5. The molecule has 0 saturated heterocycles. The first-order chi connectivity index (χ1) is 17.0. The lowest BCUT2D eigenvalue weighted by Crippen LogP contribution is -2.39. The first kappa shape index (κ1) is 23.0. The SMILES string of the molecule is COC(=O)C1=C(C)N=c2sc(=Cc3cccs3)c(=O)n2C1c1ccc(OCc2ccccc2)cc1. The molecular formula is C27H22N2O4S2. The van der Waals surface area contributed by atoms with E-state index in [1.165, 1.54) is 18.4 Å². The lowest BCUT2D eigenvalue weighted by Gasteiger charge is -2.24. The minimum Gasteiger partial charge on any atom is -0.489 e. The second-order valence-electron chi connectivity index (χ2n) is 7.93. The summed E-state index contributed by atoms with van der Waals surface area (Å²) >= 11 is 2.87.